The van der Waals surface area contributed by atoms with Crippen molar-refractivity contribution in [3.05, 3.63) is 60.8 Å². The summed E-state index contributed by atoms with van der Waals surface area (Å²) in [5.41, 5.74) is -0.309. The van der Waals surface area contributed by atoms with Gasteiger partial charge in [-0.1, -0.05) is 11.6 Å². The van der Waals surface area contributed by atoms with Gasteiger partial charge in [0.2, 0.25) is 0 Å². The molecule has 0 aliphatic heterocycles. The normalized spacial score (nSPS) is 10.7. The third-order valence-electron chi connectivity index (χ3n) is 2.29. The highest BCUT2D eigenvalue weighted by Crippen LogP contribution is 2.13. The van der Waals surface area contributed by atoms with Crippen LogP contribution in [-0.2, 0) is 6.54 Å². The maximum absolute atomic E-state index is 13.4. The van der Waals surface area contributed by atoms with Gasteiger partial charge in [0.1, 0.15) is 20.4 Å². The zero-order valence-corrected chi connectivity index (χ0v) is 11.7. The minimum Gasteiger partial charge on any atom is -0.294 e. The SMILES string of the molecule is O=c1c(I)c(Cl)ncn1Cc1cc(F)ccc1F. The van der Waals surface area contributed by atoms with E-state index < -0.39 is 11.6 Å². The zero-order valence-electron chi connectivity index (χ0n) is 8.83. The van der Waals surface area contributed by atoms with E-state index in [4.69, 9.17) is 11.6 Å². The molecule has 3 nitrogen and oxygen atoms in total. The van der Waals surface area contributed by atoms with Crippen molar-refractivity contribution >= 4 is 34.2 Å². The molecule has 1 aromatic heterocycles. The highest BCUT2D eigenvalue weighted by Gasteiger charge is 2.10. The molecule has 0 aliphatic rings. The molecule has 0 unspecified atom stereocenters. The molecule has 0 saturated carbocycles. The van der Waals surface area contributed by atoms with Gasteiger partial charge in [-0.25, -0.2) is 13.8 Å². The first-order chi connectivity index (χ1) is 8.49. The Morgan fingerprint density at radius 1 is 1.39 bits per heavy atom. The summed E-state index contributed by atoms with van der Waals surface area (Å²) in [6.45, 7) is -0.0946. The van der Waals surface area contributed by atoms with Gasteiger partial charge in [-0.05, 0) is 40.8 Å². The van der Waals surface area contributed by atoms with Crippen molar-refractivity contribution in [1.82, 2.24) is 9.55 Å². The van der Waals surface area contributed by atoms with E-state index in [0.29, 0.717) is 0 Å². The Bertz CT molecular complexity index is 660. The van der Waals surface area contributed by atoms with Crippen LogP contribution in [0.2, 0.25) is 5.15 Å². The number of halogens is 4. The highest BCUT2D eigenvalue weighted by atomic mass is 127. The average molecular weight is 383 g/mol. The van der Waals surface area contributed by atoms with E-state index in [1.165, 1.54) is 10.9 Å². The predicted octanol–water partition coefficient (Wildman–Crippen LogP) is 2.83. The van der Waals surface area contributed by atoms with E-state index in [-0.39, 0.29) is 26.4 Å². The van der Waals surface area contributed by atoms with Crippen LogP contribution in [0.3, 0.4) is 0 Å². The van der Waals surface area contributed by atoms with Gasteiger partial charge >= 0.3 is 0 Å². The summed E-state index contributed by atoms with van der Waals surface area (Å²) in [6.07, 6.45) is 1.21. The van der Waals surface area contributed by atoms with E-state index in [0.717, 1.165) is 18.2 Å². The molecule has 1 aromatic carbocycles. The Hall–Kier alpha value is -1.02. The number of hydrogen-bond acceptors (Lipinski definition) is 2. The summed E-state index contributed by atoms with van der Waals surface area (Å²) in [5.74, 6) is -1.13. The maximum atomic E-state index is 13.4. The summed E-state index contributed by atoms with van der Waals surface area (Å²) < 4.78 is 27.9. The molecule has 0 amide bonds. The van der Waals surface area contributed by atoms with Crippen molar-refractivity contribution in [2.75, 3.05) is 0 Å². The lowest BCUT2D eigenvalue weighted by atomic mass is 10.2. The molecule has 0 N–H and O–H groups in total. The first kappa shape index (κ1) is 13.4. The fraction of sp³-hybridized carbons (Fsp3) is 0.0909. The summed E-state index contributed by atoms with van der Waals surface area (Å²) >= 11 is 7.44. The second-order valence-corrected chi connectivity index (χ2v) is 4.95. The fourth-order valence-electron chi connectivity index (χ4n) is 1.40. The number of nitrogens with zero attached hydrogens (tertiary/aromatic N) is 2. The van der Waals surface area contributed by atoms with Crippen molar-refractivity contribution in [1.29, 1.82) is 0 Å². The third kappa shape index (κ3) is 2.69. The van der Waals surface area contributed by atoms with Gasteiger partial charge in [-0.15, -0.1) is 0 Å². The molecule has 0 fully saturated rings. The Labute approximate surface area is 120 Å². The molecule has 0 bridgehead atoms. The molecule has 0 atom stereocenters. The van der Waals surface area contributed by atoms with Gasteiger partial charge < -0.3 is 0 Å². The molecule has 1 heterocycles. The van der Waals surface area contributed by atoms with E-state index >= 15 is 0 Å². The highest BCUT2D eigenvalue weighted by molar-refractivity contribution is 14.1. The van der Waals surface area contributed by atoms with Crippen molar-refractivity contribution in [3.8, 4) is 0 Å². The Morgan fingerprint density at radius 2 is 2.11 bits per heavy atom. The van der Waals surface area contributed by atoms with Crippen molar-refractivity contribution in [3.63, 3.8) is 0 Å². The standard InChI is InChI=1S/C11H6ClF2IN2O/c12-10-9(15)11(18)17(5-16-10)4-6-3-7(13)1-2-8(6)14/h1-3,5H,4H2. The summed E-state index contributed by atoms with van der Waals surface area (Å²) in [4.78, 5) is 15.6. The van der Waals surface area contributed by atoms with Gasteiger partial charge in [-0.2, -0.15) is 0 Å². The lowest BCUT2D eigenvalue weighted by molar-refractivity contribution is 0.572. The molecule has 0 spiro atoms. The fourth-order valence-corrected chi connectivity index (χ4v) is 1.98. The molecule has 2 rings (SSSR count). The molecule has 18 heavy (non-hydrogen) atoms. The zero-order chi connectivity index (χ0) is 13.3. The summed E-state index contributed by atoms with van der Waals surface area (Å²) in [7, 11) is 0. The summed E-state index contributed by atoms with van der Waals surface area (Å²) in [5, 5.41) is 0.0940. The van der Waals surface area contributed by atoms with Crippen LogP contribution in [-0.4, -0.2) is 9.55 Å². The van der Waals surface area contributed by atoms with E-state index in [2.05, 4.69) is 4.98 Å². The van der Waals surface area contributed by atoms with Crippen LogP contribution in [0, 0.1) is 15.2 Å². The maximum Gasteiger partial charge on any atom is 0.268 e. The van der Waals surface area contributed by atoms with Gasteiger partial charge in [0.15, 0.2) is 0 Å². The van der Waals surface area contributed by atoms with Crippen LogP contribution < -0.4 is 5.56 Å². The molecule has 0 aliphatic carbocycles. The number of rotatable bonds is 2. The van der Waals surface area contributed by atoms with Gasteiger partial charge in [0.05, 0.1) is 12.9 Å². The molecule has 0 saturated heterocycles. The third-order valence-corrected chi connectivity index (χ3v) is 3.87. The number of aromatic nitrogens is 2. The van der Waals surface area contributed by atoms with Crippen molar-refractivity contribution < 1.29 is 8.78 Å². The summed E-state index contributed by atoms with van der Waals surface area (Å²) in [6, 6.07) is 3.08. The second-order valence-electron chi connectivity index (χ2n) is 3.52. The first-order valence-corrected chi connectivity index (χ1v) is 6.29. The number of benzene rings is 1. The monoisotopic (exact) mass is 382 g/mol. The average Bonchev–Trinajstić information content (AvgIpc) is 2.34. The van der Waals surface area contributed by atoms with E-state index in [9.17, 15) is 13.6 Å². The van der Waals surface area contributed by atoms with Gasteiger partial charge in [-0.3, -0.25) is 9.36 Å². The Kier molecular flexibility index (Phi) is 3.96. The van der Waals surface area contributed by atoms with Crippen LogP contribution in [0.15, 0.2) is 29.3 Å². The minimum absolute atomic E-state index is 0.0806. The van der Waals surface area contributed by atoms with Crippen molar-refractivity contribution in [2.45, 2.75) is 6.54 Å². The van der Waals surface area contributed by atoms with Crippen LogP contribution in [0.1, 0.15) is 5.56 Å². The minimum atomic E-state index is -0.576. The molecule has 2 aromatic rings. The molecule has 7 heteroatoms. The lowest BCUT2D eigenvalue weighted by Gasteiger charge is -2.07. The van der Waals surface area contributed by atoms with Crippen LogP contribution in [0.25, 0.3) is 0 Å². The van der Waals surface area contributed by atoms with Crippen molar-refractivity contribution in [2.24, 2.45) is 0 Å². The van der Waals surface area contributed by atoms with E-state index in [1.807, 2.05) is 0 Å². The molecular weight excluding hydrogens is 376 g/mol. The largest absolute Gasteiger partial charge is 0.294 e. The smallest absolute Gasteiger partial charge is 0.268 e. The van der Waals surface area contributed by atoms with Gasteiger partial charge in [0.25, 0.3) is 5.56 Å². The lowest BCUT2D eigenvalue weighted by Crippen LogP contribution is -2.24. The van der Waals surface area contributed by atoms with Crippen LogP contribution >= 0.6 is 34.2 Å². The van der Waals surface area contributed by atoms with E-state index in [1.54, 1.807) is 22.6 Å². The molecule has 94 valence electrons. The molecule has 0 radical (unpaired) electrons. The second kappa shape index (κ2) is 5.31. The first-order valence-electron chi connectivity index (χ1n) is 4.83. The topological polar surface area (TPSA) is 34.9 Å². The predicted molar refractivity (Wildman–Crippen MR) is 71.7 cm³/mol. The Balaban J connectivity index is 2.44. The Morgan fingerprint density at radius 3 is 2.83 bits per heavy atom. The number of hydrogen-bond donors (Lipinski definition) is 0. The van der Waals surface area contributed by atoms with Gasteiger partial charge in [0, 0.05) is 5.56 Å². The van der Waals surface area contributed by atoms with Crippen LogP contribution in [0.5, 0.6) is 0 Å². The molecular formula is C11H6ClF2IN2O. The quantitative estimate of drug-likeness (QED) is 0.591. The van der Waals surface area contributed by atoms with Crippen LogP contribution in [0.4, 0.5) is 8.78 Å².